The molecule has 0 bridgehead atoms. The van der Waals surface area contributed by atoms with E-state index in [1.807, 2.05) is 26.0 Å². The van der Waals surface area contributed by atoms with Crippen LogP contribution in [-0.2, 0) is 30.6 Å². The van der Waals surface area contributed by atoms with Gasteiger partial charge in [-0.2, -0.15) is 0 Å². The number of ether oxygens (including phenoxy) is 1. The number of esters is 1. The molecule has 1 saturated heterocycles. The van der Waals surface area contributed by atoms with Crippen LogP contribution in [0.2, 0.25) is 0 Å². The summed E-state index contributed by atoms with van der Waals surface area (Å²) in [6.45, 7) is 9.74. The zero-order valence-electron chi connectivity index (χ0n) is 22.5. The third-order valence-electron chi connectivity index (χ3n) is 6.56. The zero-order valence-corrected chi connectivity index (χ0v) is 23.3. The van der Waals surface area contributed by atoms with E-state index in [1.54, 1.807) is 12.1 Å². The topological polar surface area (TPSA) is 143 Å². The minimum absolute atomic E-state index is 0.181. The zero-order chi connectivity index (χ0) is 27.5. The molecule has 0 spiro atoms. The van der Waals surface area contributed by atoms with Crippen molar-refractivity contribution < 1.29 is 32.7 Å². The lowest BCUT2D eigenvalue weighted by atomic mass is 9.88. The smallest absolute Gasteiger partial charge is 0.464 e. The Bertz CT molecular complexity index is 923. The second-order valence-corrected chi connectivity index (χ2v) is 12.5. The molecule has 2 rings (SSSR count). The van der Waals surface area contributed by atoms with Crippen molar-refractivity contribution in [3.05, 3.63) is 29.8 Å². The third-order valence-corrected chi connectivity index (χ3v) is 7.69. The Morgan fingerprint density at radius 2 is 1.65 bits per heavy atom. The monoisotopic (exact) mass is 541 g/mol. The summed E-state index contributed by atoms with van der Waals surface area (Å²) >= 11 is 0. The molecule has 1 aromatic rings. The molecule has 210 valence electrons. The highest BCUT2D eigenvalue weighted by atomic mass is 32.2. The fraction of sp³-hybridized carbons (Fsp3) is 0.720. The molecule has 4 N–H and O–H groups in total. The molecule has 0 aromatic heterocycles. The van der Waals surface area contributed by atoms with Gasteiger partial charge in [0.1, 0.15) is 5.54 Å². The van der Waals surface area contributed by atoms with E-state index in [1.165, 1.54) is 6.26 Å². The van der Waals surface area contributed by atoms with Gasteiger partial charge in [0.2, 0.25) is 0 Å². The molecule has 10 nitrogen and oxygen atoms in total. The summed E-state index contributed by atoms with van der Waals surface area (Å²) in [6.07, 6.45) is 4.12. The number of hydrogen-bond donors (Lipinski definition) is 3. The van der Waals surface area contributed by atoms with E-state index in [4.69, 9.17) is 25.2 Å². The van der Waals surface area contributed by atoms with Gasteiger partial charge in [-0.05, 0) is 62.3 Å². The molecule has 12 heteroatoms. The van der Waals surface area contributed by atoms with Crippen LogP contribution in [0.5, 0.6) is 0 Å². The fourth-order valence-corrected chi connectivity index (χ4v) is 4.97. The first-order valence-electron chi connectivity index (χ1n) is 13.1. The molecule has 1 atom stereocenters. The molecule has 1 aliphatic rings. The van der Waals surface area contributed by atoms with Crippen LogP contribution in [0.4, 0.5) is 0 Å². The summed E-state index contributed by atoms with van der Waals surface area (Å²) in [4.78, 5) is 17.9. The van der Waals surface area contributed by atoms with Gasteiger partial charge in [-0.15, -0.1) is 0 Å². The second kappa shape index (κ2) is 15.2. The molecule has 1 unspecified atom stereocenters. The largest absolute Gasteiger partial charge is 0.633 e. The van der Waals surface area contributed by atoms with Crippen molar-refractivity contribution >= 4 is 23.1 Å². The summed E-state index contributed by atoms with van der Waals surface area (Å²) < 4.78 is 33.5. The van der Waals surface area contributed by atoms with Crippen LogP contribution in [0, 0.1) is 5.92 Å². The standard InChI is InChI=1S/C25H44BN3O7S/c1-21(2)20-35-24(30)25(27,11-4-5-18-36-26(31)32)12-6-13-28-14-16-29(17-15-28)19-22-7-9-23(10-8-22)37(3,33)34/h7-10,21,31-32H,4-6,11-20,27H2,1-3H3. The molecule has 0 radical (unpaired) electrons. The molecular formula is C25H44BN3O7S. The summed E-state index contributed by atoms with van der Waals surface area (Å²) in [6, 6.07) is 7.07. The number of rotatable bonds is 16. The Morgan fingerprint density at radius 3 is 2.22 bits per heavy atom. The van der Waals surface area contributed by atoms with Gasteiger partial charge in [0, 0.05) is 45.6 Å². The van der Waals surface area contributed by atoms with Crippen LogP contribution in [-0.4, -0.2) is 99.3 Å². The molecule has 1 heterocycles. The predicted octanol–water partition coefficient (Wildman–Crippen LogP) is 1.04. The SMILES string of the molecule is CC(C)COC(=O)C(N)(CCCCOB(O)O)CCCN1CCN(Cc2ccc(S(C)(=O)=O)cc2)CC1. The maximum absolute atomic E-state index is 12.8. The lowest BCUT2D eigenvalue weighted by Gasteiger charge is -2.35. The van der Waals surface area contributed by atoms with E-state index in [2.05, 4.69) is 9.80 Å². The number of piperazine rings is 1. The first kappa shape index (κ1) is 31.7. The van der Waals surface area contributed by atoms with E-state index in [9.17, 15) is 13.2 Å². The summed E-state index contributed by atoms with van der Waals surface area (Å²) in [5.74, 6) is -0.155. The van der Waals surface area contributed by atoms with Gasteiger partial charge in [-0.3, -0.25) is 9.69 Å². The maximum atomic E-state index is 12.8. The summed E-state index contributed by atoms with van der Waals surface area (Å²) in [5.41, 5.74) is 6.57. The number of carbonyl (C=O) groups excluding carboxylic acids is 1. The Kier molecular flexibility index (Phi) is 13.0. The summed E-state index contributed by atoms with van der Waals surface area (Å²) in [5, 5.41) is 17.6. The normalized spacial score (nSPS) is 17.1. The third kappa shape index (κ3) is 11.8. The van der Waals surface area contributed by atoms with Gasteiger partial charge >= 0.3 is 13.3 Å². The van der Waals surface area contributed by atoms with Crippen LogP contribution < -0.4 is 5.73 Å². The van der Waals surface area contributed by atoms with Gasteiger partial charge in [-0.1, -0.05) is 26.0 Å². The van der Waals surface area contributed by atoms with Crippen molar-refractivity contribution in [3.63, 3.8) is 0 Å². The molecule has 1 fully saturated rings. The van der Waals surface area contributed by atoms with Gasteiger partial charge in [0.25, 0.3) is 0 Å². The highest BCUT2D eigenvalue weighted by Gasteiger charge is 2.35. The van der Waals surface area contributed by atoms with Crippen molar-refractivity contribution in [2.75, 3.05) is 52.2 Å². The average Bonchev–Trinajstić information content (AvgIpc) is 2.83. The molecule has 37 heavy (non-hydrogen) atoms. The van der Waals surface area contributed by atoms with Gasteiger partial charge in [-0.25, -0.2) is 8.42 Å². The Labute approximate surface area is 222 Å². The number of unbranched alkanes of at least 4 members (excludes halogenated alkanes) is 1. The van der Waals surface area contributed by atoms with E-state index < -0.39 is 22.7 Å². The molecule has 1 aliphatic heterocycles. The van der Waals surface area contributed by atoms with Crippen molar-refractivity contribution in [1.29, 1.82) is 0 Å². The van der Waals surface area contributed by atoms with E-state index in [0.29, 0.717) is 37.2 Å². The molecule has 0 amide bonds. The van der Waals surface area contributed by atoms with Crippen molar-refractivity contribution in [2.24, 2.45) is 11.7 Å². The minimum atomic E-state index is -3.19. The molecule has 0 saturated carbocycles. The number of nitrogens with zero attached hydrogens (tertiary/aromatic N) is 2. The molecule has 1 aromatic carbocycles. The lowest BCUT2D eigenvalue weighted by Crippen LogP contribution is -2.50. The second-order valence-electron chi connectivity index (χ2n) is 10.4. The van der Waals surface area contributed by atoms with Crippen LogP contribution in [0.1, 0.15) is 51.5 Å². The highest BCUT2D eigenvalue weighted by Crippen LogP contribution is 2.21. The lowest BCUT2D eigenvalue weighted by molar-refractivity contribution is -0.152. The number of benzene rings is 1. The molecular weight excluding hydrogens is 497 g/mol. The van der Waals surface area contributed by atoms with Crippen LogP contribution in [0.25, 0.3) is 0 Å². The van der Waals surface area contributed by atoms with E-state index in [0.717, 1.165) is 51.3 Å². The number of hydrogen-bond acceptors (Lipinski definition) is 10. The van der Waals surface area contributed by atoms with E-state index >= 15 is 0 Å². The van der Waals surface area contributed by atoms with Gasteiger partial charge in [0.05, 0.1) is 11.5 Å². The van der Waals surface area contributed by atoms with E-state index in [-0.39, 0.29) is 18.5 Å². The fourth-order valence-electron chi connectivity index (χ4n) is 4.34. The van der Waals surface area contributed by atoms with Crippen LogP contribution in [0.3, 0.4) is 0 Å². The maximum Gasteiger partial charge on any atom is 0.633 e. The Balaban J connectivity index is 1.78. The molecule has 0 aliphatic carbocycles. The Hall–Kier alpha value is -1.54. The van der Waals surface area contributed by atoms with Gasteiger partial charge in [0.15, 0.2) is 9.84 Å². The van der Waals surface area contributed by atoms with Crippen molar-refractivity contribution in [1.82, 2.24) is 9.80 Å². The predicted molar refractivity (Wildman–Crippen MR) is 143 cm³/mol. The number of nitrogens with two attached hydrogens (primary N) is 1. The highest BCUT2D eigenvalue weighted by molar-refractivity contribution is 7.90. The van der Waals surface area contributed by atoms with Gasteiger partial charge < -0.3 is 30.1 Å². The Morgan fingerprint density at radius 1 is 1.05 bits per heavy atom. The number of carbonyl (C=O) groups is 1. The van der Waals surface area contributed by atoms with Crippen molar-refractivity contribution in [2.45, 2.75) is 62.9 Å². The van der Waals surface area contributed by atoms with Crippen LogP contribution >= 0.6 is 0 Å². The quantitative estimate of drug-likeness (QED) is 0.158. The minimum Gasteiger partial charge on any atom is -0.464 e. The average molecular weight is 542 g/mol. The van der Waals surface area contributed by atoms with Crippen molar-refractivity contribution in [3.8, 4) is 0 Å². The van der Waals surface area contributed by atoms with Crippen LogP contribution in [0.15, 0.2) is 29.2 Å². The first-order chi connectivity index (χ1) is 17.4. The first-order valence-corrected chi connectivity index (χ1v) is 15.0. The summed E-state index contributed by atoms with van der Waals surface area (Å²) in [7, 11) is -4.98. The number of sulfone groups is 1.